The lowest BCUT2D eigenvalue weighted by molar-refractivity contribution is -0.697. The number of pyridine rings is 1. The van der Waals surface area contributed by atoms with Crippen molar-refractivity contribution in [1.82, 2.24) is 10.7 Å². The zero-order valence-corrected chi connectivity index (χ0v) is 17.7. The summed E-state index contributed by atoms with van der Waals surface area (Å²) in [6.07, 6.45) is 11.0. The van der Waals surface area contributed by atoms with Crippen LogP contribution in [0.15, 0.2) is 48.8 Å². The summed E-state index contributed by atoms with van der Waals surface area (Å²) in [5, 5.41) is 11.0. The molecule has 1 aromatic heterocycles. The van der Waals surface area contributed by atoms with E-state index in [2.05, 4.69) is 52.2 Å². The molecule has 0 saturated carbocycles. The number of hydrogen-bond donors (Lipinski definition) is 4. The summed E-state index contributed by atoms with van der Waals surface area (Å²) in [4.78, 5) is 23.4. The van der Waals surface area contributed by atoms with Crippen LogP contribution in [-0.4, -0.2) is 30.1 Å². The Kier molecular flexibility index (Phi) is 10.4. The lowest BCUT2D eigenvalue weighted by atomic mass is 10.0. The van der Waals surface area contributed by atoms with Crippen LogP contribution in [0.1, 0.15) is 43.7 Å². The Morgan fingerprint density at radius 3 is 2.47 bits per heavy atom. The van der Waals surface area contributed by atoms with Gasteiger partial charge in [0.2, 0.25) is 0 Å². The van der Waals surface area contributed by atoms with Gasteiger partial charge in [0.05, 0.1) is 12.3 Å². The van der Waals surface area contributed by atoms with E-state index in [1.807, 2.05) is 24.3 Å². The van der Waals surface area contributed by atoms with E-state index in [9.17, 15) is 9.59 Å². The van der Waals surface area contributed by atoms with Crippen molar-refractivity contribution in [2.45, 2.75) is 52.0 Å². The number of rotatable bonds is 12. The highest BCUT2D eigenvalue weighted by atomic mass is 16.3. The molecule has 0 aliphatic rings. The topological polar surface area (TPSA) is 94.3 Å². The van der Waals surface area contributed by atoms with E-state index in [0.29, 0.717) is 0 Å². The molecule has 162 valence electrons. The van der Waals surface area contributed by atoms with Crippen LogP contribution in [0.3, 0.4) is 0 Å². The van der Waals surface area contributed by atoms with Gasteiger partial charge in [0.25, 0.3) is 0 Å². The largest absolute Gasteiger partial charge is 0.395 e. The molecule has 2 amide bonds. The van der Waals surface area contributed by atoms with Crippen molar-refractivity contribution in [3.8, 4) is 0 Å². The lowest BCUT2D eigenvalue weighted by Gasteiger charge is -2.13. The molecule has 2 rings (SSSR count). The van der Waals surface area contributed by atoms with Gasteiger partial charge in [0.1, 0.15) is 6.54 Å². The third-order valence-corrected chi connectivity index (χ3v) is 4.84. The Morgan fingerprint density at radius 1 is 0.967 bits per heavy atom. The van der Waals surface area contributed by atoms with Gasteiger partial charge in [0, 0.05) is 25.1 Å². The Balaban J connectivity index is 1.84. The van der Waals surface area contributed by atoms with Crippen LogP contribution in [0.25, 0.3) is 0 Å². The number of benzene rings is 1. The van der Waals surface area contributed by atoms with Gasteiger partial charge in [-0.1, -0.05) is 38.0 Å². The SMILES string of the molecule is CCCCCC[n+]1ccc(CCc2ccccc2NNC(=O)C(=O)NCCO)cc1. The molecule has 1 heterocycles. The van der Waals surface area contributed by atoms with E-state index < -0.39 is 11.8 Å². The molecule has 0 radical (unpaired) electrons. The van der Waals surface area contributed by atoms with Crippen molar-refractivity contribution in [1.29, 1.82) is 0 Å². The highest BCUT2D eigenvalue weighted by Gasteiger charge is 2.12. The highest BCUT2D eigenvalue weighted by molar-refractivity contribution is 6.35. The Bertz CT molecular complexity index is 793. The minimum absolute atomic E-state index is 0.0403. The van der Waals surface area contributed by atoms with Crippen molar-refractivity contribution >= 4 is 17.5 Å². The van der Waals surface area contributed by atoms with E-state index in [1.165, 1.54) is 31.2 Å². The summed E-state index contributed by atoms with van der Waals surface area (Å²) in [6, 6.07) is 12.0. The fourth-order valence-corrected chi connectivity index (χ4v) is 3.09. The van der Waals surface area contributed by atoms with E-state index in [4.69, 9.17) is 5.11 Å². The molecule has 0 unspecified atom stereocenters. The molecule has 7 nitrogen and oxygen atoms in total. The van der Waals surface area contributed by atoms with Gasteiger partial charge >= 0.3 is 11.8 Å². The standard InChI is InChI=1S/C23H32N4O3/c1-2-3-4-7-15-27-16-12-19(13-17-27)10-11-20-8-5-6-9-21(20)25-26-23(30)22(29)24-14-18-28/h5-6,8-9,12-13,16-17,28H,2-4,7,10-11,14-15,18H2,1H3,(H2-,24,25,26,29,30)/p+1. The van der Waals surface area contributed by atoms with Crippen molar-refractivity contribution < 1.29 is 19.3 Å². The fraction of sp³-hybridized carbons (Fsp3) is 0.435. The Labute approximate surface area is 178 Å². The monoisotopic (exact) mass is 413 g/mol. The summed E-state index contributed by atoms with van der Waals surface area (Å²) < 4.78 is 2.23. The predicted octanol–water partition coefficient (Wildman–Crippen LogP) is 1.89. The van der Waals surface area contributed by atoms with Crippen LogP contribution in [0.2, 0.25) is 0 Å². The second kappa shape index (κ2) is 13.3. The maximum absolute atomic E-state index is 11.8. The first kappa shape index (κ1) is 23.3. The maximum atomic E-state index is 11.8. The van der Waals surface area contributed by atoms with Crippen LogP contribution in [0, 0.1) is 0 Å². The average Bonchev–Trinajstić information content (AvgIpc) is 2.78. The first-order valence-corrected chi connectivity index (χ1v) is 10.6. The van der Waals surface area contributed by atoms with Gasteiger partial charge < -0.3 is 10.4 Å². The quantitative estimate of drug-likeness (QED) is 0.185. The predicted molar refractivity (Wildman–Crippen MR) is 116 cm³/mol. The van der Waals surface area contributed by atoms with Crippen LogP contribution in [0.4, 0.5) is 5.69 Å². The molecule has 0 spiro atoms. The van der Waals surface area contributed by atoms with Crippen molar-refractivity contribution in [3.63, 3.8) is 0 Å². The first-order valence-electron chi connectivity index (χ1n) is 10.6. The lowest BCUT2D eigenvalue weighted by Crippen LogP contribution is -2.43. The van der Waals surface area contributed by atoms with Crippen LogP contribution in [-0.2, 0) is 29.0 Å². The molecule has 0 aliphatic carbocycles. The van der Waals surface area contributed by atoms with Crippen molar-refractivity contribution in [2.24, 2.45) is 0 Å². The molecule has 4 N–H and O–H groups in total. The van der Waals surface area contributed by atoms with E-state index >= 15 is 0 Å². The van der Waals surface area contributed by atoms with Crippen LogP contribution in [0.5, 0.6) is 0 Å². The Hall–Kier alpha value is -2.93. The van der Waals surface area contributed by atoms with Gasteiger partial charge in [-0.25, -0.2) is 4.57 Å². The summed E-state index contributed by atoms with van der Waals surface area (Å²) in [7, 11) is 0. The molecule has 0 aliphatic heterocycles. The number of carbonyl (C=O) groups excluding carboxylic acids is 2. The van der Waals surface area contributed by atoms with Crippen molar-refractivity contribution in [2.75, 3.05) is 18.6 Å². The van der Waals surface area contributed by atoms with E-state index in [1.54, 1.807) is 0 Å². The third kappa shape index (κ3) is 8.21. The molecule has 7 heteroatoms. The molecule has 2 aromatic rings. The normalized spacial score (nSPS) is 10.5. The number of amides is 2. The molecule has 1 aromatic carbocycles. The number of aliphatic hydroxyl groups is 1. The minimum Gasteiger partial charge on any atom is -0.395 e. The zero-order chi connectivity index (χ0) is 21.6. The second-order valence-electron chi connectivity index (χ2n) is 7.22. The van der Waals surface area contributed by atoms with Crippen LogP contribution >= 0.6 is 0 Å². The van der Waals surface area contributed by atoms with Gasteiger partial charge in [-0.3, -0.25) is 20.4 Å². The first-order chi connectivity index (χ1) is 14.6. The fourth-order valence-electron chi connectivity index (χ4n) is 3.09. The summed E-state index contributed by atoms with van der Waals surface area (Å²) in [6.45, 7) is 3.10. The average molecular weight is 414 g/mol. The molecule has 0 fully saturated rings. The van der Waals surface area contributed by atoms with Crippen LogP contribution < -0.4 is 20.7 Å². The second-order valence-corrected chi connectivity index (χ2v) is 7.22. The third-order valence-electron chi connectivity index (χ3n) is 4.84. The smallest absolute Gasteiger partial charge is 0.327 e. The van der Waals surface area contributed by atoms with Gasteiger partial charge in [0.15, 0.2) is 12.4 Å². The Morgan fingerprint density at radius 2 is 1.73 bits per heavy atom. The molecular weight excluding hydrogens is 380 g/mol. The van der Waals surface area contributed by atoms with E-state index in [-0.39, 0.29) is 13.2 Å². The number of aryl methyl sites for hydroxylation is 3. The number of nitrogens with one attached hydrogen (secondary N) is 3. The van der Waals surface area contributed by atoms with Crippen molar-refractivity contribution in [3.05, 3.63) is 59.9 Å². The number of unbranched alkanes of at least 4 members (excludes halogenated alkanes) is 3. The number of aliphatic hydroxyl groups excluding tert-OH is 1. The number of carbonyl (C=O) groups is 2. The number of hydrogen-bond acceptors (Lipinski definition) is 4. The summed E-state index contributed by atoms with van der Waals surface area (Å²) >= 11 is 0. The minimum atomic E-state index is -0.801. The highest BCUT2D eigenvalue weighted by Crippen LogP contribution is 2.16. The number of hydrazine groups is 1. The van der Waals surface area contributed by atoms with Gasteiger partial charge in [-0.2, -0.15) is 0 Å². The number of para-hydroxylation sites is 1. The number of aromatic nitrogens is 1. The summed E-state index contributed by atoms with van der Waals surface area (Å²) in [5.41, 5.74) is 8.27. The zero-order valence-electron chi connectivity index (χ0n) is 17.7. The molecule has 0 bridgehead atoms. The molecule has 30 heavy (non-hydrogen) atoms. The molecule has 0 saturated heterocycles. The molecule has 0 atom stereocenters. The maximum Gasteiger partial charge on any atom is 0.327 e. The number of nitrogens with zero attached hydrogens (tertiary/aromatic N) is 1. The van der Waals surface area contributed by atoms with Gasteiger partial charge in [-0.15, -0.1) is 0 Å². The van der Waals surface area contributed by atoms with Gasteiger partial charge in [-0.05, 0) is 36.5 Å². The molecular formula is C23H33N4O3+. The van der Waals surface area contributed by atoms with E-state index in [0.717, 1.165) is 30.6 Å². The summed E-state index contributed by atoms with van der Waals surface area (Å²) in [5.74, 6) is -1.59. The number of anilines is 1.